The highest BCUT2D eigenvalue weighted by molar-refractivity contribution is 5.81. The summed E-state index contributed by atoms with van der Waals surface area (Å²) in [5, 5.41) is 11.9. The molecule has 0 bridgehead atoms. The van der Waals surface area contributed by atoms with Crippen molar-refractivity contribution in [1.82, 2.24) is 4.90 Å². The quantitative estimate of drug-likeness (QED) is 0.250. The van der Waals surface area contributed by atoms with E-state index in [1.165, 1.54) is 17.9 Å². The Kier molecular flexibility index (Phi) is 8.05. The van der Waals surface area contributed by atoms with Gasteiger partial charge >= 0.3 is 5.97 Å². The maximum atomic E-state index is 11.4. The van der Waals surface area contributed by atoms with Gasteiger partial charge in [-0.3, -0.25) is 4.90 Å². The fourth-order valence-electron chi connectivity index (χ4n) is 2.29. The van der Waals surface area contributed by atoms with Crippen LogP contribution in [0.5, 0.6) is 0 Å². The lowest BCUT2D eigenvalue weighted by Crippen LogP contribution is -2.35. The first-order valence-corrected chi connectivity index (χ1v) is 7.75. The van der Waals surface area contributed by atoms with Crippen LogP contribution in [0, 0.1) is 5.41 Å². The molecule has 0 aliphatic heterocycles. The number of carbonyl (C=O) groups excluding carboxylic acids is 1. The summed E-state index contributed by atoms with van der Waals surface area (Å²) in [6.07, 6.45) is 4.78. The summed E-state index contributed by atoms with van der Waals surface area (Å²) in [7, 11) is 0. The molecule has 0 aliphatic carbocycles. The van der Waals surface area contributed by atoms with E-state index >= 15 is 0 Å². The number of rotatable bonds is 9. The topological polar surface area (TPSA) is 62.1 Å². The van der Waals surface area contributed by atoms with Crippen molar-refractivity contribution in [3.63, 3.8) is 0 Å². The average Bonchev–Trinajstić information content (AvgIpc) is 2.48. The van der Waals surface area contributed by atoms with Crippen LogP contribution >= 0.6 is 0 Å². The summed E-state index contributed by atoms with van der Waals surface area (Å²) in [6, 6.07) is 10.1. The van der Waals surface area contributed by atoms with E-state index in [9.17, 15) is 4.79 Å². The summed E-state index contributed by atoms with van der Waals surface area (Å²) >= 11 is 0. The second-order valence-electron chi connectivity index (χ2n) is 6.04. The molecule has 0 spiro atoms. The van der Waals surface area contributed by atoms with Crippen molar-refractivity contribution in [1.29, 1.82) is 0 Å². The molecular formula is C18H26N2O3. The number of esters is 1. The molecule has 0 atom stereocenters. The SMILES string of the molecule is CCOC(=O)/C=C/CN(Cc1ccccc1)CC(C)(C)/C=N/O. The number of carbonyl (C=O) groups is 1. The average molecular weight is 318 g/mol. The molecule has 1 N–H and O–H groups in total. The zero-order valence-corrected chi connectivity index (χ0v) is 14.1. The molecule has 126 valence electrons. The van der Waals surface area contributed by atoms with Crippen LogP contribution in [0.1, 0.15) is 26.3 Å². The molecule has 0 saturated carbocycles. The summed E-state index contributed by atoms with van der Waals surface area (Å²) in [4.78, 5) is 13.6. The Morgan fingerprint density at radius 2 is 2.04 bits per heavy atom. The molecule has 5 heteroatoms. The number of oxime groups is 1. The third kappa shape index (κ3) is 8.16. The Bertz CT molecular complexity index is 524. The summed E-state index contributed by atoms with van der Waals surface area (Å²) in [5.41, 5.74) is 0.912. The van der Waals surface area contributed by atoms with Crippen LogP contribution in [0.15, 0.2) is 47.6 Å². The van der Waals surface area contributed by atoms with Crippen molar-refractivity contribution < 1.29 is 14.7 Å². The molecule has 1 aromatic rings. The van der Waals surface area contributed by atoms with E-state index in [4.69, 9.17) is 9.94 Å². The van der Waals surface area contributed by atoms with Crippen LogP contribution in [0.3, 0.4) is 0 Å². The normalized spacial score (nSPS) is 12.3. The number of benzene rings is 1. The molecular weight excluding hydrogens is 292 g/mol. The maximum Gasteiger partial charge on any atom is 0.330 e. The first kappa shape index (κ1) is 18.9. The van der Waals surface area contributed by atoms with Gasteiger partial charge in [-0.2, -0.15) is 0 Å². The maximum absolute atomic E-state index is 11.4. The van der Waals surface area contributed by atoms with Crippen LogP contribution in [-0.4, -0.2) is 42.0 Å². The van der Waals surface area contributed by atoms with Gasteiger partial charge in [0.1, 0.15) is 0 Å². The number of hydrogen-bond donors (Lipinski definition) is 1. The van der Waals surface area contributed by atoms with E-state index in [0.29, 0.717) is 19.7 Å². The number of hydrogen-bond acceptors (Lipinski definition) is 5. The third-order valence-electron chi connectivity index (χ3n) is 3.19. The Morgan fingerprint density at radius 3 is 2.65 bits per heavy atom. The largest absolute Gasteiger partial charge is 0.463 e. The lowest BCUT2D eigenvalue weighted by atomic mass is 9.94. The highest BCUT2D eigenvalue weighted by Crippen LogP contribution is 2.16. The number of ether oxygens (including phenoxy) is 1. The molecule has 0 fully saturated rings. The van der Waals surface area contributed by atoms with Gasteiger partial charge in [0.05, 0.1) is 12.8 Å². The van der Waals surface area contributed by atoms with Crippen LogP contribution in [0.25, 0.3) is 0 Å². The van der Waals surface area contributed by atoms with Gasteiger partial charge in [0.25, 0.3) is 0 Å². The lowest BCUT2D eigenvalue weighted by molar-refractivity contribution is -0.137. The van der Waals surface area contributed by atoms with E-state index in [0.717, 1.165) is 6.54 Å². The smallest absolute Gasteiger partial charge is 0.330 e. The molecule has 0 heterocycles. The van der Waals surface area contributed by atoms with Crippen molar-refractivity contribution >= 4 is 12.2 Å². The predicted octanol–water partition coefficient (Wildman–Crippen LogP) is 3.09. The zero-order chi connectivity index (χ0) is 17.1. The lowest BCUT2D eigenvalue weighted by Gasteiger charge is -2.29. The molecule has 0 unspecified atom stereocenters. The van der Waals surface area contributed by atoms with Crippen LogP contribution < -0.4 is 0 Å². The highest BCUT2D eigenvalue weighted by atomic mass is 16.5. The molecule has 1 rings (SSSR count). The molecule has 0 radical (unpaired) electrons. The Labute approximate surface area is 138 Å². The summed E-state index contributed by atoms with van der Waals surface area (Å²) in [6.45, 7) is 8.20. The van der Waals surface area contributed by atoms with E-state index < -0.39 is 0 Å². The fraction of sp³-hybridized carbons (Fsp3) is 0.444. The van der Waals surface area contributed by atoms with Crippen molar-refractivity contribution in [3.05, 3.63) is 48.0 Å². The van der Waals surface area contributed by atoms with Gasteiger partial charge in [0.2, 0.25) is 0 Å². The second kappa shape index (κ2) is 9.79. The zero-order valence-electron chi connectivity index (χ0n) is 14.1. The molecule has 5 nitrogen and oxygen atoms in total. The van der Waals surface area contributed by atoms with Crippen molar-refractivity contribution in [2.24, 2.45) is 10.6 Å². The Hall–Kier alpha value is -2.14. The molecule has 1 aromatic carbocycles. The Morgan fingerprint density at radius 1 is 1.35 bits per heavy atom. The Balaban J connectivity index is 2.73. The third-order valence-corrected chi connectivity index (χ3v) is 3.19. The van der Waals surface area contributed by atoms with Crippen molar-refractivity contribution in [2.75, 3.05) is 19.7 Å². The minimum Gasteiger partial charge on any atom is -0.463 e. The van der Waals surface area contributed by atoms with E-state index in [-0.39, 0.29) is 11.4 Å². The molecule has 0 aliphatic rings. The monoisotopic (exact) mass is 318 g/mol. The van der Waals surface area contributed by atoms with Crippen molar-refractivity contribution in [2.45, 2.75) is 27.3 Å². The van der Waals surface area contributed by atoms with E-state index in [1.54, 1.807) is 13.0 Å². The van der Waals surface area contributed by atoms with Crippen LogP contribution in [-0.2, 0) is 16.1 Å². The second-order valence-corrected chi connectivity index (χ2v) is 6.04. The number of nitrogens with zero attached hydrogens (tertiary/aromatic N) is 2. The van der Waals surface area contributed by atoms with Gasteiger partial charge in [0.15, 0.2) is 0 Å². The van der Waals surface area contributed by atoms with E-state index in [1.807, 2.05) is 32.0 Å². The minimum atomic E-state index is -0.330. The molecule has 0 aromatic heterocycles. The van der Waals surface area contributed by atoms with E-state index in [2.05, 4.69) is 22.2 Å². The first-order valence-electron chi connectivity index (χ1n) is 7.75. The fourth-order valence-corrected chi connectivity index (χ4v) is 2.29. The van der Waals surface area contributed by atoms with Crippen LogP contribution in [0.2, 0.25) is 0 Å². The summed E-state index contributed by atoms with van der Waals surface area (Å²) in [5.74, 6) is -0.330. The standard InChI is InChI=1S/C18H26N2O3/c1-4-23-17(21)11-8-12-20(15-18(2,3)14-19-22)13-16-9-6-5-7-10-16/h5-11,14,22H,4,12-13,15H2,1-3H3/b11-8+,19-14+. The van der Waals surface area contributed by atoms with Crippen LogP contribution in [0.4, 0.5) is 0 Å². The van der Waals surface area contributed by atoms with Gasteiger partial charge in [-0.1, -0.05) is 50.3 Å². The highest BCUT2D eigenvalue weighted by Gasteiger charge is 2.20. The molecule has 23 heavy (non-hydrogen) atoms. The van der Waals surface area contributed by atoms with Crippen molar-refractivity contribution in [3.8, 4) is 0 Å². The van der Waals surface area contributed by atoms with Gasteiger partial charge in [-0.25, -0.2) is 4.79 Å². The van der Waals surface area contributed by atoms with Gasteiger partial charge in [-0.15, -0.1) is 5.16 Å². The minimum absolute atomic E-state index is 0.276. The molecule has 0 amide bonds. The van der Waals surface area contributed by atoms with Gasteiger partial charge in [-0.05, 0) is 12.5 Å². The summed E-state index contributed by atoms with van der Waals surface area (Å²) < 4.78 is 4.88. The predicted molar refractivity (Wildman–Crippen MR) is 91.6 cm³/mol. The van der Waals surface area contributed by atoms with Gasteiger partial charge < -0.3 is 9.94 Å². The first-order chi connectivity index (χ1) is 11.0. The molecule has 0 saturated heterocycles. The van der Waals surface area contributed by atoms with Gasteiger partial charge in [0, 0.05) is 31.1 Å².